The van der Waals surface area contributed by atoms with Gasteiger partial charge in [-0.15, -0.1) is 10.2 Å². The van der Waals surface area contributed by atoms with Crippen LogP contribution in [0.15, 0.2) is 36.7 Å². The number of rotatable bonds is 6. The highest BCUT2D eigenvalue weighted by molar-refractivity contribution is 5.89. The van der Waals surface area contributed by atoms with E-state index in [9.17, 15) is 4.79 Å². The van der Waals surface area contributed by atoms with E-state index >= 15 is 0 Å². The maximum atomic E-state index is 11.3. The maximum Gasteiger partial charge on any atom is 0.225 e. The number of pyridine rings is 1. The van der Waals surface area contributed by atoms with Gasteiger partial charge in [-0.1, -0.05) is 6.92 Å². The van der Waals surface area contributed by atoms with E-state index in [4.69, 9.17) is 0 Å². The second kappa shape index (κ2) is 7.33. The number of carbonyl (C=O) groups is 1. The fourth-order valence-electron chi connectivity index (χ4n) is 1.79. The monoisotopic (exact) mass is 285 g/mol. The highest BCUT2D eigenvalue weighted by Crippen LogP contribution is 2.11. The van der Waals surface area contributed by atoms with Gasteiger partial charge >= 0.3 is 0 Å². The van der Waals surface area contributed by atoms with E-state index < -0.39 is 0 Å². The summed E-state index contributed by atoms with van der Waals surface area (Å²) in [5, 5.41) is 10.8. The van der Waals surface area contributed by atoms with E-state index in [0.29, 0.717) is 12.2 Å². The van der Waals surface area contributed by atoms with Crippen LogP contribution in [0.1, 0.15) is 18.9 Å². The van der Waals surface area contributed by atoms with Crippen molar-refractivity contribution in [3.05, 3.63) is 42.2 Å². The van der Waals surface area contributed by atoms with E-state index in [0.717, 1.165) is 18.8 Å². The summed E-state index contributed by atoms with van der Waals surface area (Å²) in [7, 11) is 1.97. The molecule has 21 heavy (non-hydrogen) atoms. The Labute approximate surface area is 124 Å². The van der Waals surface area contributed by atoms with Crippen molar-refractivity contribution in [1.82, 2.24) is 15.2 Å². The van der Waals surface area contributed by atoms with Crippen molar-refractivity contribution in [2.75, 3.05) is 23.8 Å². The lowest BCUT2D eigenvalue weighted by Crippen LogP contribution is -2.22. The van der Waals surface area contributed by atoms with Gasteiger partial charge in [-0.05, 0) is 36.2 Å². The summed E-state index contributed by atoms with van der Waals surface area (Å²) in [5.74, 6) is 1.19. The number of hydrogen-bond donors (Lipinski definition) is 1. The van der Waals surface area contributed by atoms with Gasteiger partial charge in [0.05, 0.1) is 0 Å². The van der Waals surface area contributed by atoms with Gasteiger partial charge in [0.15, 0.2) is 11.6 Å². The SMILES string of the molecule is CCC(=O)Nc1ccc(N(C)CCc2ccncc2)nn1. The van der Waals surface area contributed by atoms with Crippen LogP contribution in [0.25, 0.3) is 0 Å². The molecule has 2 aromatic rings. The minimum Gasteiger partial charge on any atom is -0.358 e. The highest BCUT2D eigenvalue weighted by atomic mass is 16.1. The molecule has 0 atom stereocenters. The minimum atomic E-state index is -0.0666. The lowest BCUT2D eigenvalue weighted by Gasteiger charge is -2.17. The van der Waals surface area contributed by atoms with E-state index in [2.05, 4.69) is 20.5 Å². The van der Waals surface area contributed by atoms with Crippen LogP contribution in [0.3, 0.4) is 0 Å². The van der Waals surface area contributed by atoms with Gasteiger partial charge in [-0.25, -0.2) is 0 Å². The standard InChI is InChI=1S/C15H19N5O/c1-3-15(21)17-13-4-5-14(19-18-13)20(2)11-8-12-6-9-16-10-7-12/h4-7,9-10H,3,8,11H2,1-2H3,(H,17,18,21). The molecule has 1 amide bonds. The molecular formula is C15H19N5O. The van der Waals surface area contributed by atoms with E-state index in [1.54, 1.807) is 25.4 Å². The summed E-state index contributed by atoms with van der Waals surface area (Å²) in [6.45, 7) is 2.63. The highest BCUT2D eigenvalue weighted by Gasteiger charge is 2.05. The molecule has 0 saturated heterocycles. The number of likely N-dealkylation sites (N-methyl/N-ethyl adjacent to an activating group) is 1. The lowest BCUT2D eigenvalue weighted by atomic mass is 10.2. The fraction of sp³-hybridized carbons (Fsp3) is 0.333. The molecule has 0 fully saturated rings. The fourth-order valence-corrected chi connectivity index (χ4v) is 1.79. The number of aromatic nitrogens is 3. The van der Waals surface area contributed by atoms with Crippen LogP contribution >= 0.6 is 0 Å². The molecule has 0 saturated carbocycles. The number of amides is 1. The molecule has 6 nitrogen and oxygen atoms in total. The lowest BCUT2D eigenvalue weighted by molar-refractivity contribution is -0.115. The smallest absolute Gasteiger partial charge is 0.225 e. The second-order valence-electron chi connectivity index (χ2n) is 4.71. The van der Waals surface area contributed by atoms with Gasteiger partial charge in [0.1, 0.15) is 0 Å². The molecule has 0 spiro atoms. The van der Waals surface area contributed by atoms with Gasteiger partial charge < -0.3 is 10.2 Å². The zero-order valence-electron chi connectivity index (χ0n) is 12.3. The van der Waals surface area contributed by atoms with Crippen molar-refractivity contribution >= 4 is 17.5 Å². The van der Waals surface area contributed by atoms with Crippen molar-refractivity contribution in [2.24, 2.45) is 0 Å². The van der Waals surface area contributed by atoms with Gasteiger partial charge in [-0.2, -0.15) is 0 Å². The number of nitrogens with zero attached hydrogens (tertiary/aromatic N) is 4. The number of hydrogen-bond acceptors (Lipinski definition) is 5. The molecule has 0 aliphatic rings. The van der Waals surface area contributed by atoms with Gasteiger partial charge in [0.2, 0.25) is 5.91 Å². The van der Waals surface area contributed by atoms with E-state index in [1.165, 1.54) is 5.56 Å². The first kappa shape index (κ1) is 14.9. The second-order valence-corrected chi connectivity index (χ2v) is 4.71. The van der Waals surface area contributed by atoms with Gasteiger partial charge in [0, 0.05) is 32.4 Å². The Morgan fingerprint density at radius 3 is 2.57 bits per heavy atom. The summed E-state index contributed by atoms with van der Waals surface area (Å²) in [5.41, 5.74) is 1.23. The topological polar surface area (TPSA) is 71.0 Å². The molecule has 0 bridgehead atoms. The molecule has 0 radical (unpaired) electrons. The zero-order valence-corrected chi connectivity index (χ0v) is 12.3. The van der Waals surface area contributed by atoms with Crippen LogP contribution in [0.5, 0.6) is 0 Å². The third kappa shape index (κ3) is 4.52. The summed E-state index contributed by atoms with van der Waals surface area (Å²) < 4.78 is 0. The Morgan fingerprint density at radius 2 is 1.95 bits per heavy atom. The van der Waals surface area contributed by atoms with Crippen molar-refractivity contribution in [3.8, 4) is 0 Å². The first-order valence-corrected chi connectivity index (χ1v) is 6.92. The Bertz CT molecular complexity index is 570. The molecule has 0 aromatic carbocycles. The predicted molar refractivity (Wildman–Crippen MR) is 82.2 cm³/mol. The minimum absolute atomic E-state index is 0.0666. The number of carbonyl (C=O) groups excluding carboxylic acids is 1. The average Bonchev–Trinajstić information content (AvgIpc) is 2.54. The van der Waals surface area contributed by atoms with Gasteiger partial charge in [-0.3, -0.25) is 9.78 Å². The summed E-state index contributed by atoms with van der Waals surface area (Å²) in [6, 6.07) is 7.62. The maximum absolute atomic E-state index is 11.3. The molecule has 0 aliphatic heterocycles. The van der Waals surface area contributed by atoms with Crippen molar-refractivity contribution in [1.29, 1.82) is 0 Å². The molecule has 2 aromatic heterocycles. The van der Waals surface area contributed by atoms with Gasteiger partial charge in [0.25, 0.3) is 0 Å². The predicted octanol–water partition coefficient (Wildman–Crippen LogP) is 1.90. The van der Waals surface area contributed by atoms with E-state index in [1.807, 2.05) is 30.1 Å². The Hall–Kier alpha value is -2.50. The molecular weight excluding hydrogens is 266 g/mol. The third-order valence-corrected chi connectivity index (χ3v) is 3.12. The summed E-state index contributed by atoms with van der Waals surface area (Å²) in [6.07, 6.45) is 4.92. The van der Waals surface area contributed by atoms with Crippen LogP contribution in [-0.4, -0.2) is 34.7 Å². The number of anilines is 2. The largest absolute Gasteiger partial charge is 0.358 e. The molecule has 110 valence electrons. The van der Waals surface area contributed by atoms with Crippen LogP contribution in [-0.2, 0) is 11.2 Å². The quantitative estimate of drug-likeness (QED) is 0.877. The van der Waals surface area contributed by atoms with Crippen LogP contribution < -0.4 is 10.2 Å². The summed E-state index contributed by atoms with van der Waals surface area (Å²) in [4.78, 5) is 17.3. The first-order chi connectivity index (χ1) is 10.2. The molecule has 2 rings (SSSR count). The average molecular weight is 285 g/mol. The van der Waals surface area contributed by atoms with Crippen molar-refractivity contribution in [3.63, 3.8) is 0 Å². The Balaban J connectivity index is 1.90. The van der Waals surface area contributed by atoms with Crippen LogP contribution in [0.4, 0.5) is 11.6 Å². The molecule has 1 N–H and O–H groups in total. The van der Waals surface area contributed by atoms with Crippen molar-refractivity contribution < 1.29 is 4.79 Å². The Kier molecular flexibility index (Phi) is 5.20. The molecule has 6 heteroatoms. The van der Waals surface area contributed by atoms with Crippen LogP contribution in [0.2, 0.25) is 0 Å². The third-order valence-electron chi connectivity index (χ3n) is 3.12. The van der Waals surface area contributed by atoms with Crippen molar-refractivity contribution in [2.45, 2.75) is 19.8 Å². The molecule has 2 heterocycles. The van der Waals surface area contributed by atoms with Crippen LogP contribution in [0, 0.1) is 0 Å². The summed E-state index contributed by atoms with van der Waals surface area (Å²) >= 11 is 0. The molecule has 0 unspecified atom stereocenters. The first-order valence-electron chi connectivity index (χ1n) is 6.92. The van der Waals surface area contributed by atoms with E-state index in [-0.39, 0.29) is 5.91 Å². The Morgan fingerprint density at radius 1 is 1.19 bits per heavy atom. The molecule has 0 aliphatic carbocycles. The normalized spacial score (nSPS) is 10.2. The zero-order chi connectivity index (χ0) is 15.1. The number of nitrogens with one attached hydrogen (secondary N) is 1.